The smallest absolute Gasteiger partial charge is 0.314 e. The molecule has 0 atom stereocenters. The molecule has 0 aliphatic rings. The zero-order chi connectivity index (χ0) is 19.8. The van der Waals surface area contributed by atoms with Crippen molar-refractivity contribution in [2.75, 3.05) is 17.7 Å². The van der Waals surface area contributed by atoms with Crippen LogP contribution >= 0.6 is 0 Å². The Balaban J connectivity index is 2.04. The second kappa shape index (κ2) is 9.33. The lowest BCUT2D eigenvalue weighted by Gasteiger charge is -2.10. The lowest BCUT2D eigenvalue weighted by molar-refractivity contribution is -0.384. The number of unbranched alkanes of at least 4 members (excludes halogenated alkanes) is 1. The molecule has 0 saturated heterocycles. The standard InChI is InChI=1S/C19H21N3O5/c1-3-4-5-13-6-8-14(9-7-13)20-18(23)19(24)21-16-12-15(22(25)26)10-11-17(16)27-2/h6-12H,3-5H2,1-2H3,(H,20,23)(H,21,24). The van der Waals surface area contributed by atoms with E-state index in [4.69, 9.17) is 4.74 Å². The highest BCUT2D eigenvalue weighted by atomic mass is 16.6. The Morgan fingerprint density at radius 2 is 1.74 bits per heavy atom. The Kier molecular flexibility index (Phi) is 6.87. The fraction of sp³-hybridized carbons (Fsp3) is 0.263. The normalized spacial score (nSPS) is 10.1. The van der Waals surface area contributed by atoms with E-state index in [1.54, 1.807) is 12.1 Å². The number of ether oxygens (including phenoxy) is 1. The Bertz CT molecular complexity index is 834. The van der Waals surface area contributed by atoms with Crippen LogP contribution in [0.2, 0.25) is 0 Å². The number of nitrogens with zero attached hydrogens (tertiary/aromatic N) is 1. The van der Waals surface area contributed by atoms with Gasteiger partial charge in [0.25, 0.3) is 5.69 Å². The number of nitrogens with one attached hydrogen (secondary N) is 2. The number of methoxy groups -OCH3 is 1. The van der Waals surface area contributed by atoms with Gasteiger partial charge < -0.3 is 15.4 Å². The first-order chi connectivity index (χ1) is 12.9. The van der Waals surface area contributed by atoms with E-state index in [2.05, 4.69) is 17.6 Å². The summed E-state index contributed by atoms with van der Waals surface area (Å²) in [6.07, 6.45) is 3.14. The number of hydrogen-bond donors (Lipinski definition) is 2. The molecule has 0 fully saturated rings. The number of carbonyl (C=O) groups excluding carboxylic acids is 2. The summed E-state index contributed by atoms with van der Waals surface area (Å²) in [5.41, 5.74) is 1.46. The van der Waals surface area contributed by atoms with Crippen molar-refractivity contribution >= 4 is 28.9 Å². The monoisotopic (exact) mass is 371 g/mol. The minimum atomic E-state index is -0.955. The number of hydrogen-bond acceptors (Lipinski definition) is 5. The minimum Gasteiger partial charge on any atom is -0.495 e. The molecule has 2 amide bonds. The molecular formula is C19H21N3O5. The van der Waals surface area contributed by atoms with Crippen LogP contribution in [-0.2, 0) is 16.0 Å². The predicted octanol–water partition coefficient (Wildman–Crippen LogP) is 3.52. The summed E-state index contributed by atoms with van der Waals surface area (Å²) in [6.45, 7) is 2.11. The number of amides is 2. The van der Waals surface area contributed by atoms with Crippen molar-refractivity contribution in [3.8, 4) is 5.75 Å². The Morgan fingerprint density at radius 3 is 2.33 bits per heavy atom. The number of nitro groups is 1. The SMILES string of the molecule is CCCCc1ccc(NC(=O)C(=O)Nc2cc([N+](=O)[O-])ccc2OC)cc1. The molecule has 0 saturated carbocycles. The molecule has 0 heterocycles. The average Bonchev–Trinajstić information content (AvgIpc) is 2.67. The quantitative estimate of drug-likeness (QED) is 0.439. The van der Waals surface area contributed by atoms with E-state index in [1.165, 1.54) is 19.2 Å². The summed E-state index contributed by atoms with van der Waals surface area (Å²) in [7, 11) is 1.36. The van der Waals surface area contributed by atoms with Gasteiger partial charge in [-0.05, 0) is 36.6 Å². The first-order valence-electron chi connectivity index (χ1n) is 8.48. The van der Waals surface area contributed by atoms with Gasteiger partial charge in [0.1, 0.15) is 5.75 Å². The van der Waals surface area contributed by atoms with Crippen LogP contribution in [0.1, 0.15) is 25.3 Å². The summed E-state index contributed by atoms with van der Waals surface area (Å²) < 4.78 is 5.06. The van der Waals surface area contributed by atoms with Crippen LogP contribution in [0.25, 0.3) is 0 Å². The molecule has 142 valence electrons. The summed E-state index contributed by atoms with van der Waals surface area (Å²) in [5.74, 6) is -1.63. The van der Waals surface area contributed by atoms with Gasteiger partial charge in [0.05, 0.1) is 17.7 Å². The van der Waals surface area contributed by atoms with Crippen LogP contribution in [0.5, 0.6) is 5.75 Å². The number of carbonyl (C=O) groups is 2. The largest absolute Gasteiger partial charge is 0.495 e. The number of non-ortho nitro benzene ring substituents is 1. The number of rotatable bonds is 7. The van der Waals surface area contributed by atoms with Crippen LogP contribution in [0.4, 0.5) is 17.1 Å². The maximum atomic E-state index is 12.1. The first-order valence-corrected chi connectivity index (χ1v) is 8.48. The zero-order valence-electron chi connectivity index (χ0n) is 15.2. The van der Waals surface area contributed by atoms with Gasteiger partial charge in [-0.2, -0.15) is 0 Å². The maximum absolute atomic E-state index is 12.1. The second-order valence-corrected chi connectivity index (χ2v) is 5.85. The van der Waals surface area contributed by atoms with E-state index in [0.717, 1.165) is 30.9 Å². The number of aryl methyl sites for hydroxylation is 1. The second-order valence-electron chi connectivity index (χ2n) is 5.85. The highest BCUT2D eigenvalue weighted by molar-refractivity contribution is 6.43. The number of benzene rings is 2. The third kappa shape index (κ3) is 5.53. The molecule has 0 unspecified atom stereocenters. The highest BCUT2D eigenvalue weighted by Crippen LogP contribution is 2.28. The van der Waals surface area contributed by atoms with E-state index in [0.29, 0.717) is 5.69 Å². The number of nitro benzene ring substituents is 1. The topological polar surface area (TPSA) is 111 Å². The van der Waals surface area contributed by atoms with Crippen LogP contribution in [0, 0.1) is 10.1 Å². The molecular weight excluding hydrogens is 350 g/mol. The molecule has 0 radical (unpaired) electrons. The third-order valence-corrected chi connectivity index (χ3v) is 3.88. The number of anilines is 2. The molecule has 2 aromatic carbocycles. The molecule has 0 spiro atoms. The fourth-order valence-electron chi connectivity index (χ4n) is 2.41. The van der Waals surface area contributed by atoms with Gasteiger partial charge in [-0.15, -0.1) is 0 Å². The van der Waals surface area contributed by atoms with Crippen molar-refractivity contribution in [3.05, 3.63) is 58.1 Å². The van der Waals surface area contributed by atoms with Crippen LogP contribution < -0.4 is 15.4 Å². The van der Waals surface area contributed by atoms with Gasteiger partial charge in [0.2, 0.25) is 0 Å². The van der Waals surface area contributed by atoms with Gasteiger partial charge in [0, 0.05) is 17.8 Å². The van der Waals surface area contributed by atoms with Gasteiger partial charge in [-0.25, -0.2) is 0 Å². The van der Waals surface area contributed by atoms with E-state index in [9.17, 15) is 19.7 Å². The molecule has 2 rings (SSSR count). The Morgan fingerprint density at radius 1 is 1.07 bits per heavy atom. The van der Waals surface area contributed by atoms with E-state index in [1.807, 2.05) is 12.1 Å². The van der Waals surface area contributed by atoms with E-state index >= 15 is 0 Å². The summed E-state index contributed by atoms with van der Waals surface area (Å²) in [5, 5.41) is 15.7. The molecule has 2 aromatic rings. The van der Waals surface area contributed by atoms with Gasteiger partial charge in [-0.3, -0.25) is 19.7 Å². The molecule has 0 bridgehead atoms. The van der Waals surface area contributed by atoms with Crippen LogP contribution in [-0.4, -0.2) is 23.8 Å². The van der Waals surface area contributed by atoms with Gasteiger partial charge in [0.15, 0.2) is 0 Å². The summed E-state index contributed by atoms with van der Waals surface area (Å²) in [4.78, 5) is 34.5. The van der Waals surface area contributed by atoms with Crippen LogP contribution in [0.15, 0.2) is 42.5 Å². The highest BCUT2D eigenvalue weighted by Gasteiger charge is 2.18. The molecule has 0 aliphatic heterocycles. The van der Waals surface area contributed by atoms with Gasteiger partial charge in [-0.1, -0.05) is 25.5 Å². The lowest BCUT2D eigenvalue weighted by Crippen LogP contribution is -2.29. The first kappa shape index (κ1) is 19.9. The molecule has 27 heavy (non-hydrogen) atoms. The third-order valence-electron chi connectivity index (χ3n) is 3.88. The van der Waals surface area contributed by atoms with Crippen molar-refractivity contribution < 1.29 is 19.2 Å². The van der Waals surface area contributed by atoms with E-state index < -0.39 is 16.7 Å². The van der Waals surface area contributed by atoms with Crippen molar-refractivity contribution in [3.63, 3.8) is 0 Å². The summed E-state index contributed by atoms with van der Waals surface area (Å²) in [6, 6.07) is 11.0. The summed E-state index contributed by atoms with van der Waals surface area (Å²) >= 11 is 0. The average molecular weight is 371 g/mol. The molecule has 8 nitrogen and oxygen atoms in total. The molecule has 0 aliphatic carbocycles. The Hall–Kier alpha value is -3.42. The molecule has 8 heteroatoms. The van der Waals surface area contributed by atoms with E-state index in [-0.39, 0.29) is 17.1 Å². The molecule has 0 aromatic heterocycles. The fourth-order valence-corrected chi connectivity index (χ4v) is 2.41. The Labute approximate surface area is 156 Å². The van der Waals surface area contributed by atoms with Crippen molar-refractivity contribution in [1.29, 1.82) is 0 Å². The van der Waals surface area contributed by atoms with Crippen LogP contribution in [0.3, 0.4) is 0 Å². The predicted molar refractivity (Wildman–Crippen MR) is 102 cm³/mol. The van der Waals surface area contributed by atoms with Crippen molar-refractivity contribution in [2.45, 2.75) is 26.2 Å². The van der Waals surface area contributed by atoms with Gasteiger partial charge >= 0.3 is 11.8 Å². The van der Waals surface area contributed by atoms with Crippen molar-refractivity contribution in [1.82, 2.24) is 0 Å². The van der Waals surface area contributed by atoms with Crippen molar-refractivity contribution in [2.24, 2.45) is 0 Å². The lowest BCUT2D eigenvalue weighted by atomic mass is 10.1. The zero-order valence-corrected chi connectivity index (χ0v) is 15.2. The molecule has 2 N–H and O–H groups in total. The minimum absolute atomic E-state index is 0.0433. The maximum Gasteiger partial charge on any atom is 0.314 e.